The largest absolute Gasteiger partial charge is 0.212 e. The molecule has 0 fully saturated rings. The van der Waals surface area contributed by atoms with Crippen LogP contribution in [0.3, 0.4) is 0 Å². The summed E-state index contributed by atoms with van der Waals surface area (Å²) in [6.45, 7) is 3.16. The molecule has 0 atom stereocenters. The van der Waals surface area contributed by atoms with Crippen molar-refractivity contribution in [3.05, 3.63) is 23.8 Å². The minimum atomic E-state index is -0.519. The van der Waals surface area contributed by atoms with Gasteiger partial charge in [0.2, 0.25) is 0 Å². The molecule has 0 saturated heterocycles. The van der Waals surface area contributed by atoms with Crippen molar-refractivity contribution < 1.29 is 8.78 Å². The first-order chi connectivity index (χ1) is 4.20. The molecule has 0 aliphatic rings. The molecule has 0 radical (unpaired) electrons. The average molecular weight is 132 g/mol. The molecule has 0 bridgehead atoms. The number of hydrogen-bond donors (Lipinski definition) is 0. The first-order valence-corrected chi connectivity index (χ1v) is 2.88. The molecular weight excluding hydrogens is 122 g/mol. The van der Waals surface area contributed by atoms with Crippen LogP contribution in [0.15, 0.2) is 23.8 Å². The van der Waals surface area contributed by atoms with Crippen molar-refractivity contribution in [3.63, 3.8) is 0 Å². The van der Waals surface area contributed by atoms with Crippen LogP contribution in [-0.2, 0) is 0 Å². The summed E-state index contributed by atoms with van der Waals surface area (Å²) in [7, 11) is 0. The van der Waals surface area contributed by atoms with Crippen LogP contribution < -0.4 is 0 Å². The van der Waals surface area contributed by atoms with Gasteiger partial charge in [-0.3, -0.25) is 0 Å². The van der Waals surface area contributed by atoms with E-state index >= 15 is 0 Å². The highest BCUT2D eigenvalue weighted by molar-refractivity contribution is 5.12. The minimum Gasteiger partial charge on any atom is -0.212 e. The smallest absolute Gasteiger partial charge is 0.121 e. The topological polar surface area (TPSA) is 0 Å². The van der Waals surface area contributed by atoms with Crippen molar-refractivity contribution in [1.82, 2.24) is 0 Å². The van der Waals surface area contributed by atoms with E-state index in [1.54, 1.807) is 6.92 Å². The Balaban J connectivity index is 3.95. The fraction of sp³-hybridized carbons (Fsp3) is 0.429. The molecular formula is C7H10F2. The Labute approximate surface area is 53.9 Å². The molecule has 0 nitrogen and oxygen atoms in total. The van der Waals surface area contributed by atoms with Gasteiger partial charge >= 0.3 is 0 Å². The van der Waals surface area contributed by atoms with Gasteiger partial charge in [-0.15, -0.1) is 0 Å². The normalized spacial score (nSPS) is 14.2. The zero-order chi connectivity index (χ0) is 7.28. The second-order valence-corrected chi connectivity index (χ2v) is 1.62. The standard InChI is InChI=1S/C7H10F2/c1-3-6(8)5-7(9)4-2/h3,5H,4H2,1-2H3/b6-3-,7-5-. The fourth-order valence-corrected chi connectivity index (χ4v) is 0.335. The Morgan fingerprint density at radius 1 is 1.44 bits per heavy atom. The molecule has 2 heteroatoms. The Morgan fingerprint density at radius 2 is 2.00 bits per heavy atom. The maximum atomic E-state index is 12.1. The summed E-state index contributed by atoms with van der Waals surface area (Å²) in [6, 6.07) is 0. The van der Waals surface area contributed by atoms with Crippen molar-refractivity contribution in [2.24, 2.45) is 0 Å². The van der Waals surface area contributed by atoms with E-state index in [-0.39, 0.29) is 6.42 Å². The summed E-state index contributed by atoms with van der Waals surface area (Å²) in [5, 5.41) is 0. The maximum Gasteiger partial charge on any atom is 0.121 e. The summed E-state index contributed by atoms with van der Waals surface area (Å²) in [5.41, 5.74) is 0. The van der Waals surface area contributed by atoms with E-state index in [1.165, 1.54) is 13.0 Å². The van der Waals surface area contributed by atoms with E-state index in [1.807, 2.05) is 0 Å². The van der Waals surface area contributed by atoms with E-state index in [2.05, 4.69) is 0 Å². The van der Waals surface area contributed by atoms with Gasteiger partial charge in [0.15, 0.2) is 0 Å². The quantitative estimate of drug-likeness (QED) is 0.506. The van der Waals surface area contributed by atoms with Crippen molar-refractivity contribution in [2.75, 3.05) is 0 Å². The summed E-state index contributed by atoms with van der Waals surface area (Å²) in [6.07, 6.45) is 2.36. The van der Waals surface area contributed by atoms with Gasteiger partial charge in [-0.25, -0.2) is 8.78 Å². The summed E-state index contributed by atoms with van der Waals surface area (Å²) in [5.74, 6) is -0.944. The molecule has 9 heavy (non-hydrogen) atoms. The first-order valence-electron chi connectivity index (χ1n) is 2.88. The Morgan fingerprint density at radius 3 is 2.33 bits per heavy atom. The predicted octanol–water partition coefficient (Wildman–Crippen LogP) is 3.12. The lowest BCUT2D eigenvalue weighted by Gasteiger charge is -1.86. The maximum absolute atomic E-state index is 12.1. The second kappa shape index (κ2) is 4.24. The van der Waals surface area contributed by atoms with E-state index in [9.17, 15) is 8.78 Å². The van der Waals surface area contributed by atoms with Crippen LogP contribution in [0.25, 0.3) is 0 Å². The van der Waals surface area contributed by atoms with E-state index in [0.717, 1.165) is 6.08 Å². The monoisotopic (exact) mass is 132 g/mol. The molecule has 0 aromatic rings. The Bertz CT molecular complexity index is 134. The molecule has 0 N–H and O–H groups in total. The Kier molecular flexibility index (Phi) is 3.93. The van der Waals surface area contributed by atoms with Crippen LogP contribution in [0.1, 0.15) is 20.3 Å². The van der Waals surface area contributed by atoms with Gasteiger partial charge in [-0.05, 0) is 13.3 Å². The molecule has 0 unspecified atom stereocenters. The van der Waals surface area contributed by atoms with Crippen molar-refractivity contribution >= 4 is 0 Å². The highest BCUT2D eigenvalue weighted by Gasteiger charge is 1.90. The van der Waals surface area contributed by atoms with Crippen molar-refractivity contribution in [1.29, 1.82) is 0 Å². The van der Waals surface area contributed by atoms with Crippen LogP contribution in [-0.4, -0.2) is 0 Å². The number of hydrogen-bond acceptors (Lipinski definition) is 0. The molecule has 0 aromatic carbocycles. The molecule has 52 valence electrons. The first kappa shape index (κ1) is 8.34. The fourth-order valence-electron chi connectivity index (χ4n) is 0.335. The predicted molar refractivity (Wildman–Crippen MR) is 34.3 cm³/mol. The minimum absolute atomic E-state index is 0.251. The van der Waals surface area contributed by atoms with Crippen molar-refractivity contribution in [2.45, 2.75) is 20.3 Å². The van der Waals surface area contributed by atoms with Gasteiger partial charge in [0, 0.05) is 6.08 Å². The van der Waals surface area contributed by atoms with Crippen LogP contribution in [0.4, 0.5) is 8.78 Å². The van der Waals surface area contributed by atoms with Gasteiger partial charge in [0.05, 0.1) is 0 Å². The zero-order valence-corrected chi connectivity index (χ0v) is 5.62. The van der Waals surface area contributed by atoms with E-state index < -0.39 is 11.7 Å². The lowest BCUT2D eigenvalue weighted by molar-refractivity contribution is 0.587. The van der Waals surface area contributed by atoms with Crippen molar-refractivity contribution in [3.8, 4) is 0 Å². The molecule has 0 amide bonds. The van der Waals surface area contributed by atoms with Gasteiger partial charge in [0.25, 0.3) is 0 Å². The van der Waals surface area contributed by atoms with E-state index in [4.69, 9.17) is 0 Å². The van der Waals surface area contributed by atoms with Crippen LogP contribution in [0.5, 0.6) is 0 Å². The second-order valence-electron chi connectivity index (χ2n) is 1.62. The summed E-state index contributed by atoms with van der Waals surface area (Å²) < 4.78 is 24.3. The van der Waals surface area contributed by atoms with Gasteiger partial charge in [-0.2, -0.15) is 0 Å². The summed E-state index contributed by atoms with van der Waals surface area (Å²) in [4.78, 5) is 0. The molecule has 0 spiro atoms. The number of rotatable bonds is 2. The third kappa shape index (κ3) is 3.88. The van der Waals surface area contributed by atoms with Gasteiger partial charge < -0.3 is 0 Å². The molecule has 0 aliphatic heterocycles. The summed E-state index contributed by atoms with van der Waals surface area (Å²) >= 11 is 0. The third-order valence-electron chi connectivity index (χ3n) is 0.908. The highest BCUT2D eigenvalue weighted by atomic mass is 19.1. The lowest BCUT2D eigenvalue weighted by atomic mass is 10.3. The SMILES string of the molecule is C/C=C(F)/C=C(\F)CC. The zero-order valence-electron chi connectivity index (χ0n) is 5.62. The van der Waals surface area contributed by atoms with E-state index in [0.29, 0.717) is 0 Å². The van der Waals surface area contributed by atoms with Gasteiger partial charge in [0.1, 0.15) is 11.7 Å². The van der Waals surface area contributed by atoms with Crippen LogP contribution in [0.2, 0.25) is 0 Å². The van der Waals surface area contributed by atoms with Crippen LogP contribution in [0, 0.1) is 0 Å². The molecule has 0 saturated carbocycles. The van der Waals surface area contributed by atoms with Crippen LogP contribution >= 0.6 is 0 Å². The molecule has 0 rings (SSSR count). The Hall–Kier alpha value is -0.660. The average Bonchev–Trinajstić information content (AvgIpc) is 1.87. The van der Waals surface area contributed by atoms with Gasteiger partial charge in [-0.1, -0.05) is 13.0 Å². The third-order valence-corrected chi connectivity index (χ3v) is 0.908. The number of halogens is 2. The molecule has 0 aromatic heterocycles. The lowest BCUT2D eigenvalue weighted by Crippen LogP contribution is -1.69. The molecule has 0 aliphatic carbocycles. The highest BCUT2D eigenvalue weighted by Crippen LogP contribution is 2.07. The molecule has 0 heterocycles. The number of allylic oxidation sites excluding steroid dienone is 4.